The van der Waals surface area contributed by atoms with Crippen molar-refractivity contribution in [3.8, 4) is 11.3 Å². The van der Waals surface area contributed by atoms with Crippen LogP contribution in [0.2, 0.25) is 0 Å². The molecule has 2 aromatic carbocycles. The van der Waals surface area contributed by atoms with E-state index in [2.05, 4.69) is 106 Å². The lowest BCUT2D eigenvalue weighted by molar-refractivity contribution is -0.122. The van der Waals surface area contributed by atoms with Gasteiger partial charge in [-0.15, -0.1) is 0 Å². The van der Waals surface area contributed by atoms with Gasteiger partial charge in [-0.05, 0) is 74.5 Å². The van der Waals surface area contributed by atoms with E-state index in [0.29, 0.717) is 0 Å². The van der Waals surface area contributed by atoms with Crippen molar-refractivity contribution < 1.29 is 9.90 Å². The summed E-state index contributed by atoms with van der Waals surface area (Å²) in [5, 5.41) is 13.0. The largest absolute Gasteiger partial charge is 0.483 e. The maximum Gasteiger partial charge on any atom is 0.290 e. The molecule has 4 aromatic rings. The molecule has 1 saturated heterocycles. The molecule has 0 aliphatic carbocycles. The number of rotatable bonds is 5. The Kier molecular flexibility index (Phi) is 8.57. The lowest BCUT2D eigenvalue weighted by atomic mass is 10.1. The van der Waals surface area contributed by atoms with E-state index in [-0.39, 0.29) is 14.4 Å². The first-order valence-electron chi connectivity index (χ1n) is 12.1. The maximum absolute atomic E-state index is 8.36. The molecule has 5 rings (SSSR count). The van der Waals surface area contributed by atoms with Crippen molar-refractivity contribution >= 4 is 47.8 Å². The van der Waals surface area contributed by atoms with E-state index in [1.807, 2.05) is 6.20 Å². The number of carbonyl (C=O) groups is 1. The minimum absolute atomic E-state index is 0.192. The van der Waals surface area contributed by atoms with E-state index in [1.54, 1.807) is 0 Å². The van der Waals surface area contributed by atoms with Gasteiger partial charge in [0.15, 0.2) is 0 Å². The number of carboxylic acid groups (broad SMARTS) is 1. The van der Waals surface area contributed by atoms with Gasteiger partial charge in [0.2, 0.25) is 0 Å². The summed E-state index contributed by atoms with van der Waals surface area (Å²) in [6.07, 6.45) is 3.08. The average Bonchev–Trinajstić information content (AvgIpc) is 3.21. The summed E-state index contributed by atoms with van der Waals surface area (Å²) in [5.41, 5.74) is 6.74. The Balaban J connectivity index is 0.000000967. The van der Waals surface area contributed by atoms with E-state index < -0.39 is 0 Å². The zero-order valence-electron chi connectivity index (χ0n) is 21.1. The number of aromatic nitrogens is 2. The van der Waals surface area contributed by atoms with Crippen molar-refractivity contribution in [1.29, 1.82) is 0 Å². The van der Waals surface area contributed by atoms with Gasteiger partial charge >= 0.3 is 0 Å². The number of hydrogen-bond donors (Lipinski definition) is 3. The van der Waals surface area contributed by atoms with Crippen LogP contribution in [-0.2, 0) is 4.79 Å². The lowest BCUT2D eigenvalue weighted by Crippen LogP contribution is -2.28. The first-order valence-corrected chi connectivity index (χ1v) is 14.4. The fourth-order valence-electron chi connectivity index (χ4n) is 4.56. The van der Waals surface area contributed by atoms with Crippen molar-refractivity contribution in [2.75, 3.05) is 56.8 Å². The topological polar surface area (TPSA) is 84.5 Å². The highest BCUT2D eigenvalue weighted by Crippen LogP contribution is 2.33. The third-order valence-corrected chi connectivity index (χ3v) is 7.80. The standard InChI is InChI=1S/C27H32N5P.CH2O2/c1-31-15-6-16-32(18-17-31)21-11-9-20(10-12-21)25-19-22-23(13-14-28-27(22)30-25)29-24-7-4-5-8-26(24)33(2)3;2-1-3/h4-5,7-14,19H,6,15-18H2,1-3H3,(H2,28,29,30);1H,(H,2,3). The van der Waals surface area contributed by atoms with Crippen LogP contribution in [0.1, 0.15) is 6.42 Å². The Morgan fingerprint density at radius 2 is 1.75 bits per heavy atom. The Morgan fingerprint density at radius 3 is 2.50 bits per heavy atom. The molecule has 2 aromatic heterocycles. The summed E-state index contributed by atoms with van der Waals surface area (Å²) in [6, 6.07) is 21.8. The predicted octanol–water partition coefficient (Wildman–Crippen LogP) is 5.18. The summed E-state index contributed by atoms with van der Waals surface area (Å²) in [7, 11) is 2.02. The van der Waals surface area contributed by atoms with Gasteiger partial charge in [-0.3, -0.25) is 4.79 Å². The number of aromatic amines is 1. The molecule has 1 fully saturated rings. The summed E-state index contributed by atoms with van der Waals surface area (Å²) in [5.74, 6) is 0. The van der Waals surface area contributed by atoms with Gasteiger partial charge in [0.25, 0.3) is 6.47 Å². The van der Waals surface area contributed by atoms with Crippen molar-refractivity contribution in [3.05, 3.63) is 66.9 Å². The van der Waals surface area contributed by atoms with Gasteiger partial charge in [-0.25, -0.2) is 4.98 Å². The summed E-state index contributed by atoms with van der Waals surface area (Å²) in [6.45, 7) is 8.83. The van der Waals surface area contributed by atoms with E-state index >= 15 is 0 Å². The van der Waals surface area contributed by atoms with E-state index in [4.69, 9.17) is 9.90 Å². The SMILES string of the molecule is CN1CCCN(c2ccc(-c3cc4c(Nc5ccccc5P(C)C)ccnc4[nH]3)cc2)CC1.O=CO. The molecule has 1 aliphatic rings. The number of fused-ring (bicyclic) bond motifs is 1. The van der Waals surface area contributed by atoms with E-state index in [0.717, 1.165) is 42.0 Å². The van der Waals surface area contributed by atoms with Crippen LogP contribution in [0.3, 0.4) is 0 Å². The van der Waals surface area contributed by atoms with Gasteiger partial charge in [0.05, 0.1) is 5.69 Å². The molecule has 0 saturated carbocycles. The third kappa shape index (κ3) is 6.04. The van der Waals surface area contributed by atoms with Crippen molar-refractivity contribution in [1.82, 2.24) is 14.9 Å². The second-order valence-electron chi connectivity index (χ2n) is 9.14. The monoisotopic (exact) mass is 503 g/mol. The number of likely N-dealkylation sites (N-methyl/N-ethyl adjacent to an activating group) is 1. The van der Waals surface area contributed by atoms with E-state index in [9.17, 15) is 0 Å². The molecule has 0 spiro atoms. The van der Waals surface area contributed by atoms with Crippen molar-refractivity contribution in [2.24, 2.45) is 0 Å². The zero-order chi connectivity index (χ0) is 25.5. The molecule has 3 heterocycles. The first kappa shape index (κ1) is 25.7. The second-order valence-corrected chi connectivity index (χ2v) is 11.4. The first-order chi connectivity index (χ1) is 17.5. The highest BCUT2D eigenvalue weighted by atomic mass is 31.1. The smallest absolute Gasteiger partial charge is 0.290 e. The summed E-state index contributed by atoms with van der Waals surface area (Å²) < 4.78 is 0. The van der Waals surface area contributed by atoms with Gasteiger partial charge in [0, 0.05) is 48.3 Å². The molecule has 0 bridgehead atoms. The minimum Gasteiger partial charge on any atom is -0.483 e. The maximum atomic E-state index is 8.36. The second kappa shape index (κ2) is 12.0. The molecule has 0 atom stereocenters. The van der Waals surface area contributed by atoms with Crippen LogP contribution >= 0.6 is 7.92 Å². The van der Waals surface area contributed by atoms with Gasteiger partial charge < -0.3 is 25.2 Å². The van der Waals surface area contributed by atoms with Crippen LogP contribution in [0.4, 0.5) is 17.1 Å². The van der Waals surface area contributed by atoms with Crippen molar-refractivity contribution in [2.45, 2.75) is 6.42 Å². The van der Waals surface area contributed by atoms with Crippen molar-refractivity contribution in [3.63, 3.8) is 0 Å². The number of nitrogens with zero attached hydrogens (tertiary/aromatic N) is 3. The van der Waals surface area contributed by atoms with Crippen LogP contribution in [0.25, 0.3) is 22.3 Å². The molecule has 0 unspecified atom stereocenters. The number of pyridine rings is 1. The third-order valence-electron chi connectivity index (χ3n) is 6.45. The molecule has 0 radical (unpaired) electrons. The molecule has 36 heavy (non-hydrogen) atoms. The fourth-order valence-corrected chi connectivity index (χ4v) is 5.56. The summed E-state index contributed by atoms with van der Waals surface area (Å²) in [4.78, 5) is 21.4. The molecular formula is C28H34N5O2P. The number of hydrogen-bond acceptors (Lipinski definition) is 5. The summed E-state index contributed by atoms with van der Waals surface area (Å²) >= 11 is 0. The molecule has 8 heteroatoms. The Bertz CT molecular complexity index is 1290. The van der Waals surface area contributed by atoms with Crippen LogP contribution < -0.4 is 15.5 Å². The van der Waals surface area contributed by atoms with Crippen LogP contribution in [-0.4, -0.2) is 73.0 Å². The quantitative estimate of drug-likeness (QED) is 0.257. The number of anilines is 3. The average molecular weight is 504 g/mol. The molecular weight excluding hydrogens is 469 g/mol. The number of para-hydroxylation sites is 1. The fraction of sp³-hybridized carbons (Fsp3) is 0.286. The van der Waals surface area contributed by atoms with Crippen LogP contribution in [0.5, 0.6) is 0 Å². The highest BCUT2D eigenvalue weighted by Gasteiger charge is 2.14. The van der Waals surface area contributed by atoms with Gasteiger partial charge in [-0.1, -0.05) is 38.3 Å². The van der Waals surface area contributed by atoms with Gasteiger partial charge in [-0.2, -0.15) is 0 Å². The Labute approximate surface area is 213 Å². The Hall–Kier alpha value is -3.41. The lowest BCUT2D eigenvalue weighted by Gasteiger charge is -2.23. The number of nitrogens with one attached hydrogen (secondary N) is 2. The van der Waals surface area contributed by atoms with Crippen LogP contribution in [0, 0.1) is 0 Å². The molecule has 3 N–H and O–H groups in total. The van der Waals surface area contributed by atoms with Gasteiger partial charge in [0.1, 0.15) is 5.65 Å². The van der Waals surface area contributed by atoms with E-state index in [1.165, 1.54) is 35.2 Å². The number of H-pyrrole nitrogens is 1. The van der Waals surface area contributed by atoms with Crippen LogP contribution in [0.15, 0.2) is 66.9 Å². The number of benzene rings is 2. The molecule has 1 aliphatic heterocycles. The molecule has 188 valence electrons. The molecule has 0 amide bonds. The Morgan fingerprint density at radius 1 is 1.00 bits per heavy atom. The minimum atomic E-state index is -0.250. The predicted molar refractivity (Wildman–Crippen MR) is 153 cm³/mol. The zero-order valence-corrected chi connectivity index (χ0v) is 22.0. The molecule has 7 nitrogen and oxygen atoms in total. The normalized spacial score (nSPS) is 14.3. The highest BCUT2D eigenvalue weighted by molar-refractivity contribution is 7.64.